The van der Waals surface area contributed by atoms with Gasteiger partial charge in [-0.15, -0.1) is 0 Å². The number of carbonyl (C=O) groups excluding carboxylic acids is 3. The highest BCUT2D eigenvalue weighted by atomic mass is 16.5. The van der Waals surface area contributed by atoms with E-state index in [1.165, 1.54) is 17.4 Å². The number of fused-ring (bicyclic) bond motifs is 1. The van der Waals surface area contributed by atoms with Crippen LogP contribution in [0.25, 0.3) is 0 Å². The Morgan fingerprint density at radius 2 is 1.56 bits per heavy atom. The molecule has 0 saturated heterocycles. The topological polar surface area (TPSA) is 101 Å². The van der Waals surface area contributed by atoms with Crippen molar-refractivity contribution in [3.8, 4) is 0 Å². The van der Waals surface area contributed by atoms with E-state index in [-0.39, 0.29) is 30.5 Å². The van der Waals surface area contributed by atoms with Gasteiger partial charge >= 0.3 is 11.9 Å². The van der Waals surface area contributed by atoms with Crippen LogP contribution in [0.4, 0.5) is 0 Å². The standard InChI is InChI=1S/C25H29NO6/c27-21(28)4-2-1-3-7-26-23(29)19-6-5-16(13-20(19)24(26)30)25(31)32-22-17-9-14-8-15(11-17)12-18(22)10-14/h5-6,13-15,17-18,22H,1-4,7-12H2,(H,27,28). The second-order valence-electron chi connectivity index (χ2n) is 10.0. The minimum Gasteiger partial charge on any atom is -0.481 e. The van der Waals surface area contributed by atoms with Gasteiger partial charge in [0.25, 0.3) is 11.8 Å². The van der Waals surface area contributed by atoms with E-state index in [0.717, 1.165) is 37.5 Å². The second-order valence-corrected chi connectivity index (χ2v) is 10.0. The van der Waals surface area contributed by atoms with Crippen LogP contribution in [0.15, 0.2) is 18.2 Å². The van der Waals surface area contributed by atoms with Gasteiger partial charge in [0.2, 0.25) is 0 Å². The monoisotopic (exact) mass is 439 g/mol. The normalized spacial score (nSPS) is 30.0. The molecular weight excluding hydrogens is 410 g/mol. The van der Waals surface area contributed by atoms with Crippen LogP contribution in [0.5, 0.6) is 0 Å². The lowest BCUT2D eigenvalue weighted by Crippen LogP contribution is -2.50. The number of rotatable bonds is 8. The molecule has 7 nitrogen and oxygen atoms in total. The molecule has 0 unspecified atom stereocenters. The summed E-state index contributed by atoms with van der Waals surface area (Å²) in [5, 5.41) is 8.70. The number of carbonyl (C=O) groups is 4. The largest absolute Gasteiger partial charge is 0.481 e. The number of aliphatic carboxylic acids is 1. The number of hydrogen-bond acceptors (Lipinski definition) is 5. The van der Waals surface area contributed by atoms with E-state index in [1.807, 2.05) is 0 Å². The van der Waals surface area contributed by atoms with Gasteiger partial charge in [-0.1, -0.05) is 6.42 Å². The maximum Gasteiger partial charge on any atom is 0.338 e. The van der Waals surface area contributed by atoms with Gasteiger partial charge in [-0.05, 0) is 86.8 Å². The van der Waals surface area contributed by atoms with E-state index in [1.54, 1.807) is 12.1 Å². The maximum absolute atomic E-state index is 12.9. The molecule has 32 heavy (non-hydrogen) atoms. The summed E-state index contributed by atoms with van der Waals surface area (Å²) in [4.78, 5) is 50.2. The van der Waals surface area contributed by atoms with Crippen molar-refractivity contribution in [3.63, 3.8) is 0 Å². The molecule has 4 saturated carbocycles. The Morgan fingerprint density at radius 3 is 2.22 bits per heavy atom. The van der Waals surface area contributed by atoms with Gasteiger partial charge in [-0.2, -0.15) is 0 Å². The van der Waals surface area contributed by atoms with Gasteiger partial charge in [0, 0.05) is 13.0 Å². The first-order valence-corrected chi connectivity index (χ1v) is 11.8. The minimum atomic E-state index is -0.848. The van der Waals surface area contributed by atoms with E-state index in [4.69, 9.17) is 9.84 Å². The summed E-state index contributed by atoms with van der Waals surface area (Å²) in [6, 6.07) is 4.63. The molecule has 0 atom stereocenters. The number of carboxylic acid groups (broad SMARTS) is 1. The lowest BCUT2D eigenvalue weighted by molar-refractivity contribution is -0.137. The van der Waals surface area contributed by atoms with Gasteiger partial charge in [-0.25, -0.2) is 4.79 Å². The maximum atomic E-state index is 12.9. The fourth-order valence-corrected chi connectivity index (χ4v) is 6.60. The summed E-state index contributed by atoms with van der Waals surface area (Å²) in [7, 11) is 0. The number of unbranched alkanes of at least 4 members (excludes halogenated alkanes) is 2. The molecule has 5 aliphatic rings. The molecule has 6 rings (SSSR count). The number of imide groups is 1. The quantitative estimate of drug-likeness (QED) is 0.374. The number of benzene rings is 1. The van der Waals surface area contributed by atoms with E-state index in [2.05, 4.69) is 0 Å². The molecule has 0 spiro atoms. The van der Waals surface area contributed by atoms with E-state index in [0.29, 0.717) is 42.2 Å². The predicted octanol–water partition coefficient (Wildman–Crippen LogP) is 3.91. The smallest absolute Gasteiger partial charge is 0.338 e. The Bertz CT molecular complexity index is 941. The fraction of sp³-hybridized carbons (Fsp3) is 0.600. The molecule has 0 radical (unpaired) electrons. The molecule has 1 aliphatic heterocycles. The molecule has 4 fully saturated rings. The van der Waals surface area contributed by atoms with Crippen molar-refractivity contribution >= 4 is 23.8 Å². The summed E-state index contributed by atoms with van der Waals surface area (Å²) in [5.41, 5.74) is 0.883. The molecule has 1 N–H and O–H groups in total. The Labute approximate surface area is 187 Å². The highest BCUT2D eigenvalue weighted by Crippen LogP contribution is 2.54. The highest BCUT2D eigenvalue weighted by molar-refractivity contribution is 6.21. The van der Waals surface area contributed by atoms with Gasteiger partial charge < -0.3 is 9.84 Å². The zero-order valence-electron chi connectivity index (χ0n) is 18.1. The van der Waals surface area contributed by atoms with Crippen LogP contribution in [0.2, 0.25) is 0 Å². The first kappa shape index (κ1) is 21.2. The van der Waals surface area contributed by atoms with Crippen molar-refractivity contribution in [3.05, 3.63) is 34.9 Å². The molecule has 1 aromatic rings. The SMILES string of the molecule is O=C(O)CCCCCN1C(=O)c2ccc(C(=O)OC3C4CC5CC(C4)CC3C5)cc2C1=O. The fourth-order valence-electron chi connectivity index (χ4n) is 6.60. The van der Waals surface area contributed by atoms with Crippen molar-refractivity contribution in [2.45, 2.75) is 63.9 Å². The third-order valence-electron chi connectivity index (χ3n) is 7.86. The molecule has 0 aromatic heterocycles. The molecule has 1 heterocycles. The van der Waals surface area contributed by atoms with E-state index < -0.39 is 17.8 Å². The highest BCUT2D eigenvalue weighted by Gasteiger charge is 2.50. The van der Waals surface area contributed by atoms with Crippen LogP contribution in [0.1, 0.15) is 88.9 Å². The first-order valence-electron chi connectivity index (χ1n) is 11.8. The number of hydrogen-bond donors (Lipinski definition) is 1. The van der Waals surface area contributed by atoms with Gasteiger partial charge in [0.15, 0.2) is 0 Å². The molecule has 7 heteroatoms. The van der Waals surface area contributed by atoms with Gasteiger partial charge in [0.1, 0.15) is 6.10 Å². The zero-order chi connectivity index (χ0) is 22.4. The van der Waals surface area contributed by atoms with Gasteiger partial charge in [-0.3, -0.25) is 19.3 Å². The lowest BCUT2D eigenvalue weighted by atomic mass is 9.55. The lowest BCUT2D eigenvalue weighted by Gasteiger charge is -2.53. The molecule has 2 amide bonds. The Morgan fingerprint density at radius 1 is 0.906 bits per heavy atom. The third-order valence-corrected chi connectivity index (χ3v) is 7.86. The van der Waals surface area contributed by atoms with Crippen LogP contribution in [-0.4, -0.2) is 46.4 Å². The molecule has 1 aromatic carbocycles. The first-order chi connectivity index (χ1) is 15.4. The summed E-state index contributed by atoms with van der Waals surface area (Å²) < 4.78 is 5.98. The summed E-state index contributed by atoms with van der Waals surface area (Å²) in [6.45, 7) is 0.250. The molecular formula is C25H29NO6. The van der Waals surface area contributed by atoms with Crippen LogP contribution < -0.4 is 0 Å². The van der Waals surface area contributed by atoms with Crippen molar-refractivity contribution in [2.75, 3.05) is 6.54 Å². The predicted molar refractivity (Wildman–Crippen MR) is 114 cm³/mol. The zero-order valence-corrected chi connectivity index (χ0v) is 18.1. The molecule has 170 valence electrons. The van der Waals surface area contributed by atoms with E-state index in [9.17, 15) is 19.2 Å². The number of amides is 2. The Hall–Kier alpha value is -2.70. The van der Waals surface area contributed by atoms with Crippen molar-refractivity contribution in [1.82, 2.24) is 4.90 Å². The van der Waals surface area contributed by atoms with Crippen molar-refractivity contribution in [1.29, 1.82) is 0 Å². The average Bonchev–Trinajstić information content (AvgIpc) is 2.99. The minimum absolute atomic E-state index is 0.0248. The Kier molecular flexibility index (Phi) is 5.51. The number of carboxylic acids is 1. The van der Waals surface area contributed by atoms with Crippen molar-refractivity contribution < 1.29 is 29.0 Å². The number of nitrogens with zero attached hydrogens (tertiary/aromatic N) is 1. The number of ether oxygens (including phenoxy) is 1. The van der Waals surface area contributed by atoms with E-state index >= 15 is 0 Å². The average molecular weight is 440 g/mol. The summed E-state index contributed by atoms with van der Waals surface area (Å²) in [6.07, 6.45) is 7.72. The van der Waals surface area contributed by atoms with Crippen LogP contribution in [0.3, 0.4) is 0 Å². The Balaban J connectivity index is 1.22. The third kappa shape index (κ3) is 3.82. The second kappa shape index (κ2) is 8.34. The molecule has 4 aliphatic carbocycles. The summed E-state index contributed by atoms with van der Waals surface area (Å²) in [5.74, 6) is 0.513. The molecule has 4 bridgehead atoms. The summed E-state index contributed by atoms with van der Waals surface area (Å²) >= 11 is 0. The van der Waals surface area contributed by atoms with Crippen LogP contribution >= 0.6 is 0 Å². The van der Waals surface area contributed by atoms with Crippen LogP contribution in [-0.2, 0) is 9.53 Å². The van der Waals surface area contributed by atoms with Crippen molar-refractivity contribution in [2.24, 2.45) is 23.7 Å². The number of esters is 1. The van der Waals surface area contributed by atoms with Gasteiger partial charge in [0.05, 0.1) is 16.7 Å². The van der Waals surface area contributed by atoms with Crippen LogP contribution in [0, 0.1) is 23.7 Å².